The van der Waals surface area contributed by atoms with Gasteiger partial charge < -0.3 is 14.2 Å². The van der Waals surface area contributed by atoms with E-state index in [4.69, 9.17) is 14.2 Å². The van der Waals surface area contributed by atoms with E-state index in [1.807, 2.05) is 12.2 Å². The molecule has 0 aromatic carbocycles. The molecule has 0 aromatic heterocycles. The molecule has 5 heteroatoms. The summed E-state index contributed by atoms with van der Waals surface area (Å²) in [6, 6.07) is 0. The minimum absolute atomic E-state index is 0.0444. The van der Waals surface area contributed by atoms with Crippen LogP contribution in [-0.4, -0.2) is 37.9 Å². The smallest absolute Gasteiger partial charge is 0.310 e. The van der Waals surface area contributed by atoms with Gasteiger partial charge in [0.2, 0.25) is 0 Å². The van der Waals surface area contributed by atoms with Gasteiger partial charge in [-0.3, -0.25) is 9.59 Å². The van der Waals surface area contributed by atoms with Crippen LogP contribution < -0.4 is 0 Å². The van der Waals surface area contributed by atoms with Gasteiger partial charge in [0.15, 0.2) is 6.10 Å². The summed E-state index contributed by atoms with van der Waals surface area (Å²) in [5, 5.41) is 0. The molecule has 0 saturated carbocycles. The molecule has 0 spiro atoms. The summed E-state index contributed by atoms with van der Waals surface area (Å²) in [5.74, 6) is -0.536. The number of ether oxygens (including phenoxy) is 3. The van der Waals surface area contributed by atoms with Gasteiger partial charge in [0, 0.05) is 13.0 Å². The van der Waals surface area contributed by atoms with Crippen LogP contribution in [0.15, 0.2) is 72.9 Å². The molecule has 0 rings (SSSR count). The highest BCUT2D eigenvalue weighted by Gasteiger charge is 2.17. The maximum Gasteiger partial charge on any atom is 0.310 e. The number of unbranched alkanes of at least 4 members (excludes halogenated alkanes) is 30. The van der Waals surface area contributed by atoms with Crippen molar-refractivity contribution in [3.63, 3.8) is 0 Å². The fourth-order valence-corrected chi connectivity index (χ4v) is 8.05. The molecule has 0 saturated heterocycles. The second-order valence-corrected chi connectivity index (χ2v) is 18.8. The van der Waals surface area contributed by atoms with Gasteiger partial charge in [-0.2, -0.15) is 0 Å². The normalized spacial score (nSPS) is 12.7. The van der Waals surface area contributed by atoms with Crippen LogP contribution in [0.1, 0.15) is 278 Å². The Morgan fingerprint density at radius 2 is 0.727 bits per heavy atom. The van der Waals surface area contributed by atoms with Gasteiger partial charge in [0.25, 0.3) is 0 Å². The molecular weight excluding hydrogens is 813 g/mol. The molecule has 0 aliphatic heterocycles. The van der Waals surface area contributed by atoms with Crippen molar-refractivity contribution in [1.29, 1.82) is 0 Å². The summed E-state index contributed by atoms with van der Waals surface area (Å²) in [5.41, 5.74) is 0. The Balaban J connectivity index is 4.34. The van der Waals surface area contributed by atoms with Crippen molar-refractivity contribution in [3.8, 4) is 0 Å². The molecule has 0 bridgehead atoms. The van der Waals surface area contributed by atoms with Gasteiger partial charge in [0.1, 0.15) is 6.61 Å². The first-order chi connectivity index (χ1) is 32.6. The Morgan fingerprint density at radius 1 is 0.364 bits per heavy atom. The van der Waals surface area contributed by atoms with E-state index in [0.717, 1.165) is 57.8 Å². The van der Waals surface area contributed by atoms with Crippen molar-refractivity contribution in [2.75, 3.05) is 19.8 Å². The highest BCUT2D eigenvalue weighted by molar-refractivity contribution is 5.71. The van der Waals surface area contributed by atoms with Crippen LogP contribution >= 0.6 is 0 Å². The van der Waals surface area contributed by atoms with Crippen LogP contribution in [-0.2, 0) is 23.8 Å². The monoisotopic (exact) mass is 921 g/mol. The second-order valence-electron chi connectivity index (χ2n) is 18.8. The zero-order valence-corrected chi connectivity index (χ0v) is 44.0. The fourth-order valence-electron chi connectivity index (χ4n) is 8.05. The van der Waals surface area contributed by atoms with E-state index in [0.29, 0.717) is 13.0 Å². The minimum atomic E-state index is -0.594. The summed E-state index contributed by atoms with van der Waals surface area (Å²) in [6.45, 7) is 7.63. The molecule has 0 heterocycles. The zero-order chi connectivity index (χ0) is 47.7. The van der Waals surface area contributed by atoms with E-state index in [1.165, 1.54) is 186 Å². The van der Waals surface area contributed by atoms with Crippen LogP contribution in [0.5, 0.6) is 0 Å². The fraction of sp³-hybridized carbons (Fsp3) is 0.770. The van der Waals surface area contributed by atoms with Crippen molar-refractivity contribution in [3.05, 3.63) is 72.9 Å². The molecule has 0 aromatic rings. The lowest BCUT2D eigenvalue weighted by Crippen LogP contribution is -2.29. The highest BCUT2D eigenvalue weighted by Crippen LogP contribution is 2.16. The van der Waals surface area contributed by atoms with E-state index in [-0.39, 0.29) is 31.6 Å². The minimum Gasteiger partial charge on any atom is -0.462 e. The maximum atomic E-state index is 12.8. The Morgan fingerprint density at radius 3 is 1.15 bits per heavy atom. The number of hydrogen-bond acceptors (Lipinski definition) is 5. The number of allylic oxidation sites excluding steroid dienone is 11. The van der Waals surface area contributed by atoms with E-state index >= 15 is 0 Å². The number of carbonyl (C=O) groups is 2. The third-order valence-electron chi connectivity index (χ3n) is 12.3. The maximum absolute atomic E-state index is 12.8. The topological polar surface area (TPSA) is 61.8 Å². The lowest BCUT2D eigenvalue weighted by Gasteiger charge is -2.18. The number of esters is 2. The first-order valence-electron chi connectivity index (χ1n) is 28.5. The van der Waals surface area contributed by atoms with Gasteiger partial charge >= 0.3 is 11.9 Å². The summed E-state index contributed by atoms with van der Waals surface area (Å²) in [4.78, 5) is 25.4. The third kappa shape index (κ3) is 54.0. The van der Waals surface area contributed by atoms with Crippen molar-refractivity contribution < 1.29 is 23.8 Å². The molecule has 0 radical (unpaired) electrons. The predicted octanol–water partition coefficient (Wildman–Crippen LogP) is 19.5. The number of carbonyl (C=O) groups excluding carboxylic acids is 2. The third-order valence-corrected chi connectivity index (χ3v) is 12.3. The first-order valence-corrected chi connectivity index (χ1v) is 28.5. The molecule has 0 amide bonds. The molecule has 0 N–H and O–H groups in total. The van der Waals surface area contributed by atoms with E-state index in [1.54, 1.807) is 0 Å². The SMILES string of the molecule is CC/C=C\C/C=C\C/C=C\C/C=C\C/C=C\CC(=O)OC(COCCCCCCCC/C=C\CCCCCCCC)COC(=O)CCCCCCCCCCCCCCCCCCCCC. The van der Waals surface area contributed by atoms with Crippen LogP contribution in [0.25, 0.3) is 0 Å². The predicted molar refractivity (Wildman–Crippen MR) is 288 cm³/mol. The molecule has 1 atom stereocenters. The summed E-state index contributed by atoms with van der Waals surface area (Å²) >= 11 is 0. The van der Waals surface area contributed by atoms with Gasteiger partial charge in [0.05, 0.1) is 13.0 Å². The summed E-state index contributed by atoms with van der Waals surface area (Å²) in [6.07, 6.45) is 73.8. The van der Waals surface area contributed by atoms with Gasteiger partial charge in [-0.15, -0.1) is 0 Å². The molecule has 0 aliphatic rings. The van der Waals surface area contributed by atoms with Crippen LogP contribution in [0.4, 0.5) is 0 Å². The lowest BCUT2D eigenvalue weighted by molar-refractivity contribution is -0.162. The van der Waals surface area contributed by atoms with Gasteiger partial charge in [-0.1, -0.05) is 267 Å². The molecule has 66 heavy (non-hydrogen) atoms. The average molecular weight is 922 g/mol. The number of rotatable bonds is 52. The van der Waals surface area contributed by atoms with E-state index in [2.05, 4.69) is 81.5 Å². The Hall–Kier alpha value is -2.66. The first kappa shape index (κ1) is 63.3. The average Bonchev–Trinajstić information content (AvgIpc) is 3.32. The molecule has 0 fully saturated rings. The van der Waals surface area contributed by atoms with Gasteiger partial charge in [-0.05, 0) is 70.6 Å². The van der Waals surface area contributed by atoms with E-state index < -0.39 is 6.10 Å². The van der Waals surface area contributed by atoms with Crippen molar-refractivity contribution in [1.82, 2.24) is 0 Å². The van der Waals surface area contributed by atoms with Crippen LogP contribution in [0, 0.1) is 0 Å². The lowest BCUT2D eigenvalue weighted by atomic mass is 10.0. The van der Waals surface area contributed by atoms with Crippen molar-refractivity contribution >= 4 is 11.9 Å². The molecule has 382 valence electrons. The quantitative estimate of drug-likeness (QED) is 0.0346. The highest BCUT2D eigenvalue weighted by atomic mass is 16.6. The Labute approximate surface area is 410 Å². The molecule has 5 nitrogen and oxygen atoms in total. The van der Waals surface area contributed by atoms with Crippen molar-refractivity contribution in [2.24, 2.45) is 0 Å². The molecular formula is C61H108O5. The zero-order valence-electron chi connectivity index (χ0n) is 44.0. The Kier molecular flexibility index (Phi) is 54.4. The molecule has 0 aliphatic carbocycles. The summed E-state index contributed by atoms with van der Waals surface area (Å²) in [7, 11) is 0. The number of hydrogen-bond donors (Lipinski definition) is 0. The second kappa shape index (κ2) is 56.7. The standard InChI is InChI=1S/C61H108O5/c1-4-7-10-13-16-19-22-25-28-30-31-32-34-36-39-42-45-48-51-54-60(62)65-58-59(57-64-56-53-50-47-44-41-38-35-29-26-23-20-17-14-11-8-5-2)66-61(63)55-52-49-46-43-40-37-33-27-24-21-18-15-12-9-6-3/h9,12,18,21,26-27,29,33,40,43,49,52,59H,4-8,10-11,13-17,19-20,22-25,28,30-32,34-39,41-42,44-48,50-51,53-58H2,1-3H3/b12-9-,21-18-,29-26-,33-27-,43-40-,52-49-. The van der Waals surface area contributed by atoms with Crippen molar-refractivity contribution in [2.45, 2.75) is 284 Å². The van der Waals surface area contributed by atoms with E-state index in [9.17, 15) is 9.59 Å². The summed E-state index contributed by atoms with van der Waals surface area (Å²) < 4.78 is 17.4. The Bertz CT molecular complexity index is 1180. The van der Waals surface area contributed by atoms with Crippen LogP contribution in [0.2, 0.25) is 0 Å². The largest absolute Gasteiger partial charge is 0.462 e. The molecule has 1 unspecified atom stereocenters. The van der Waals surface area contributed by atoms with Gasteiger partial charge in [-0.25, -0.2) is 0 Å². The van der Waals surface area contributed by atoms with Crippen LogP contribution in [0.3, 0.4) is 0 Å².